The molecule has 3 rings (SSSR count). The van der Waals surface area contributed by atoms with E-state index in [1.807, 2.05) is 13.8 Å². The molecule has 162 valence electrons. The first-order valence-corrected chi connectivity index (χ1v) is 11.9. The van der Waals surface area contributed by atoms with Gasteiger partial charge in [-0.25, -0.2) is 18.4 Å². The maximum atomic E-state index is 13.0. The highest BCUT2D eigenvalue weighted by Crippen LogP contribution is 2.22. The van der Waals surface area contributed by atoms with Crippen molar-refractivity contribution in [3.8, 4) is 0 Å². The van der Waals surface area contributed by atoms with E-state index in [4.69, 9.17) is 4.74 Å². The zero-order chi connectivity index (χ0) is 20.9. The highest BCUT2D eigenvalue weighted by Gasteiger charge is 2.34. The Morgan fingerprint density at radius 1 is 1.17 bits per heavy atom. The third kappa shape index (κ3) is 5.86. The van der Waals surface area contributed by atoms with Gasteiger partial charge in [0.1, 0.15) is 0 Å². The SMILES string of the molecule is CC(C)OCCS(=O)(=O)N1CCN(C(=O)C2CCCN(c3ncccn3)C2)CC1. The van der Waals surface area contributed by atoms with Gasteiger partial charge in [-0.1, -0.05) is 0 Å². The molecule has 1 unspecified atom stereocenters. The quantitative estimate of drug-likeness (QED) is 0.631. The van der Waals surface area contributed by atoms with Crippen LogP contribution < -0.4 is 4.90 Å². The maximum absolute atomic E-state index is 13.0. The molecule has 2 saturated heterocycles. The van der Waals surface area contributed by atoms with E-state index in [0.717, 1.165) is 19.4 Å². The van der Waals surface area contributed by atoms with Crippen molar-refractivity contribution in [3.05, 3.63) is 18.5 Å². The minimum absolute atomic E-state index is 0.0102. The van der Waals surface area contributed by atoms with Gasteiger partial charge in [-0.15, -0.1) is 0 Å². The number of carbonyl (C=O) groups is 1. The zero-order valence-electron chi connectivity index (χ0n) is 17.2. The van der Waals surface area contributed by atoms with E-state index in [2.05, 4.69) is 14.9 Å². The number of ether oxygens (including phenoxy) is 1. The molecule has 2 aliphatic rings. The van der Waals surface area contributed by atoms with Crippen LogP contribution in [-0.2, 0) is 19.6 Å². The van der Waals surface area contributed by atoms with Crippen LogP contribution >= 0.6 is 0 Å². The molecule has 2 aliphatic heterocycles. The normalized spacial score (nSPS) is 21.6. The monoisotopic (exact) mass is 425 g/mol. The second-order valence-corrected chi connectivity index (χ2v) is 9.88. The molecule has 29 heavy (non-hydrogen) atoms. The van der Waals surface area contributed by atoms with Crippen LogP contribution in [0.15, 0.2) is 18.5 Å². The van der Waals surface area contributed by atoms with Crippen molar-refractivity contribution in [2.45, 2.75) is 32.8 Å². The van der Waals surface area contributed by atoms with Crippen molar-refractivity contribution in [1.82, 2.24) is 19.2 Å². The Morgan fingerprint density at radius 2 is 1.86 bits per heavy atom. The van der Waals surface area contributed by atoms with Gasteiger partial charge in [0.2, 0.25) is 21.9 Å². The molecule has 0 radical (unpaired) electrons. The lowest BCUT2D eigenvalue weighted by Crippen LogP contribution is -2.54. The van der Waals surface area contributed by atoms with Crippen molar-refractivity contribution in [1.29, 1.82) is 0 Å². The largest absolute Gasteiger partial charge is 0.378 e. The summed E-state index contributed by atoms with van der Waals surface area (Å²) >= 11 is 0. The molecule has 0 aliphatic carbocycles. The Morgan fingerprint density at radius 3 is 2.52 bits per heavy atom. The smallest absolute Gasteiger partial charge is 0.227 e. The van der Waals surface area contributed by atoms with Crippen LogP contribution in [0.1, 0.15) is 26.7 Å². The summed E-state index contributed by atoms with van der Waals surface area (Å²) in [6.07, 6.45) is 5.18. The number of piperidine rings is 1. The summed E-state index contributed by atoms with van der Waals surface area (Å²) in [5.41, 5.74) is 0. The van der Waals surface area contributed by atoms with Crippen LogP contribution in [0.5, 0.6) is 0 Å². The first kappa shape index (κ1) is 21.9. The maximum Gasteiger partial charge on any atom is 0.227 e. The number of piperazine rings is 1. The number of hydrogen-bond acceptors (Lipinski definition) is 7. The Labute approximate surface area is 173 Å². The predicted molar refractivity (Wildman–Crippen MR) is 110 cm³/mol. The minimum atomic E-state index is -3.35. The molecular weight excluding hydrogens is 394 g/mol. The Kier molecular flexibility index (Phi) is 7.42. The number of aromatic nitrogens is 2. The molecule has 0 bridgehead atoms. The number of hydrogen-bond donors (Lipinski definition) is 0. The van der Waals surface area contributed by atoms with Crippen LogP contribution in [0.25, 0.3) is 0 Å². The van der Waals surface area contributed by atoms with Gasteiger partial charge in [-0.3, -0.25) is 4.79 Å². The Bertz CT molecular complexity index is 766. The standard InChI is InChI=1S/C19H31N5O4S/c1-16(2)28-13-14-29(26,27)24-11-9-22(10-12-24)18(25)17-5-3-8-23(15-17)19-20-6-4-7-21-19/h4,6-7,16-17H,3,5,8-15H2,1-2H3. The van der Waals surface area contributed by atoms with E-state index in [1.165, 1.54) is 4.31 Å². The van der Waals surface area contributed by atoms with E-state index in [9.17, 15) is 13.2 Å². The average molecular weight is 426 g/mol. The molecule has 1 amide bonds. The first-order chi connectivity index (χ1) is 13.9. The van der Waals surface area contributed by atoms with Gasteiger partial charge in [0.25, 0.3) is 0 Å². The van der Waals surface area contributed by atoms with Crippen molar-refractivity contribution >= 4 is 21.9 Å². The van der Waals surface area contributed by atoms with Crippen molar-refractivity contribution in [2.75, 3.05) is 56.5 Å². The van der Waals surface area contributed by atoms with E-state index < -0.39 is 10.0 Å². The molecule has 1 aromatic heterocycles. The van der Waals surface area contributed by atoms with Gasteiger partial charge in [0, 0.05) is 51.7 Å². The third-order valence-corrected chi connectivity index (χ3v) is 7.18. The summed E-state index contributed by atoms with van der Waals surface area (Å²) in [6, 6.07) is 1.78. The molecular formula is C19H31N5O4S. The second-order valence-electron chi connectivity index (χ2n) is 7.79. The van der Waals surface area contributed by atoms with Crippen molar-refractivity contribution in [3.63, 3.8) is 0 Å². The fourth-order valence-electron chi connectivity index (χ4n) is 3.78. The number of amides is 1. The van der Waals surface area contributed by atoms with E-state index in [1.54, 1.807) is 23.4 Å². The van der Waals surface area contributed by atoms with E-state index >= 15 is 0 Å². The summed E-state index contributed by atoms with van der Waals surface area (Å²) < 4.78 is 31.8. The molecule has 1 atom stereocenters. The van der Waals surface area contributed by atoms with Gasteiger partial charge in [0.05, 0.1) is 24.4 Å². The van der Waals surface area contributed by atoms with Gasteiger partial charge < -0.3 is 14.5 Å². The van der Waals surface area contributed by atoms with Crippen LogP contribution in [0.3, 0.4) is 0 Å². The fraction of sp³-hybridized carbons (Fsp3) is 0.737. The average Bonchev–Trinajstić information content (AvgIpc) is 2.73. The van der Waals surface area contributed by atoms with Gasteiger partial charge >= 0.3 is 0 Å². The highest BCUT2D eigenvalue weighted by molar-refractivity contribution is 7.89. The molecule has 10 heteroatoms. The molecule has 0 aromatic carbocycles. The number of rotatable bonds is 7. The number of carbonyl (C=O) groups excluding carboxylic acids is 1. The first-order valence-electron chi connectivity index (χ1n) is 10.3. The summed E-state index contributed by atoms with van der Waals surface area (Å²) in [7, 11) is -3.35. The molecule has 9 nitrogen and oxygen atoms in total. The number of sulfonamides is 1. The predicted octanol–water partition coefficient (Wildman–Crippen LogP) is 0.592. The fourth-order valence-corrected chi connectivity index (χ4v) is 5.06. The summed E-state index contributed by atoms with van der Waals surface area (Å²) in [4.78, 5) is 25.4. The Balaban J connectivity index is 1.50. The molecule has 3 heterocycles. The second kappa shape index (κ2) is 9.82. The lowest BCUT2D eigenvalue weighted by Gasteiger charge is -2.38. The van der Waals surface area contributed by atoms with Crippen LogP contribution in [0.4, 0.5) is 5.95 Å². The molecule has 2 fully saturated rings. The van der Waals surface area contributed by atoms with Crippen molar-refractivity contribution < 1.29 is 17.9 Å². The van der Waals surface area contributed by atoms with Crippen LogP contribution in [-0.4, -0.2) is 91.2 Å². The van der Waals surface area contributed by atoms with Crippen LogP contribution in [0.2, 0.25) is 0 Å². The van der Waals surface area contributed by atoms with E-state index in [0.29, 0.717) is 38.7 Å². The Hall–Kier alpha value is -1.78. The van der Waals surface area contributed by atoms with Gasteiger partial charge in [0.15, 0.2) is 0 Å². The lowest BCUT2D eigenvalue weighted by atomic mass is 9.96. The number of nitrogens with zero attached hydrogens (tertiary/aromatic N) is 5. The number of anilines is 1. The van der Waals surface area contributed by atoms with Crippen LogP contribution in [0, 0.1) is 5.92 Å². The minimum Gasteiger partial charge on any atom is -0.378 e. The van der Waals surface area contributed by atoms with Crippen molar-refractivity contribution in [2.24, 2.45) is 5.92 Å². The molecule has 0 spiro atoms. The van der Waals surface area contributed by atoms with Gasteiger partial charge in [-0.2, -0.15) is 4.31 Å². The summed E-state index contributed by atoms with van der Waals surface area (Å²) in [6.45, 7) is 6.95. The summed E-state index contributed by atoms with van der Waals surface area (Å²) in [5, 5.41) is 0. The lowest BCUT2D eigenvalue weighted by molar-refractivity contribution is -0.137. The molecule has 0 N–H and O–H groups in total. The third-order valence-electron chi connectivity index (χ3n) is 5.34. The topological polar surface area (TPSA) is 95.9 Å². The molecule has 1 aromatic rings. The van der Waals surface area contributed by atoms with E-state index in [-0.39, 0.29) is 30.3 Å². The summed E-state index contributed by atoms with van der Waals surface area (Å²) in [5.74, 6) is 0.638. The zero-order valence-corrected chi connectivity index (χ0v) is 18.1. The highest BCUT2D eigenvalue weighted by atomic mass is 32.2. The van der Waals surface area contributed by atoms with Gasteiger partial charge in [-0.05, 0) is 32.8 Å². The molecule has 0 saturated carbocycles.